The average Bonchev–Trinajstić information content (AvgIpc) is 2.66. The molecule has 0 radical (unpaired) electrons. The minimum atomic E-state index is -0.136. The van der Waals surface area contributed by atoms with Crippen LogP contribution in [0.15, 0.2) is 0 Å². The topological polar surface area (TPSA) is 66.8 Å². The molecule has 2 N–H and O–H groups in total. The lowest BCUT2D eigenvalue weighted by Crippen LogP contribution is -2.52. The van der Waals surface area contributed by atoms with Crippen molar-refractivity contribution in [1.82, 2.24) is 0 Å². The number of aliphatic hydroxyl groups excluding tert-OH is 2. The van der Waals surface area contributed by atoms with E-state index < -0.39 is 0 Å². The molecule has 0 aliphatic carbocycles. The van der Waals surface area contributed by atoms with Gasteiger partial charge in [-0.25, -0.2) is 0 Å². The van der Waals surface area contributed by atoms with Gasteiger partial charge in [0.15, 0.2) is 6.10 Å². The van der Waals surface area contributed by atoms with Crippen molar-refractivity contribution in [2.75, 3.05) is 39.9 Å². The molecule has 0 bridgehead atoms. The monoisotopic (exact) mass is 416 g/mol. The van der Waals surface area contributed by atoms with E-state index in [1.54, 1.807) is 0 Å². The first kappa shape index (κ1) is 28.4. The Kier molecular flexibility index (Phi) is 18.9. The highest BCUT2D eigenvalue weighted by Crippen LogP contribution is 2.15. The average molecular weight is 417 g/mol. The Morgan fingerprint density at radius 2 is 1.28 bits per heavy atom. The maximum Gasteiger partial charge on any atom is 0.306 e. The smallest absolute Gasteiger partial charge is 0.306 e. The van der Waals surface area contributed by atoms with Crippen LogP contribution in [-0.2, 0) is 9.53 Å². The molecule has 0 spiro atoms. The first-order chi connectivity index (χ1) is 14.0. The van der Waals surface area contributed by atoms with Crippen LogP contribution < -0.4 is 0 Å². The first-order valence-electron chi connectivity index (χ1n) is 12.3. The summed E-state index contributed by atoms with van der Waals surface area (Å²) in [6, 6.07) is 0. The normalized spacial score (nSPS) is 12.9. The van der Waals surface area contributed by atoms with Gasteiger partial charge in [-0.2, -0.15) is 0 Å². The van der Waals surface area contributed by atoms with Gasteiger partial charge in [-0.15, -0.1) is 0 Å². The Morgan fingerprint density at radius 3 is 1.72 bits per heavy atom. The number of quaternary nitrogens is 1. The van der Waals surface area contributed by atoms with Crippen LogP contribution in [0.3, 0.4) is 0 Å². The number of rotatable bonds is 21. The second kappa shape index (κ2) is 19.3. The van der Waals surface area contributed by atoms with E-state index in [9.17, 15) is 15.0 Å². The van der Waals surface area contributed by atoms with Crippen LogP contribution in [0.2, 0.25) is 0 Å². The van der Waals surface area contributed by atoms with E-state index in [0.717, 1.165) is 25.7 Å². The zero-order valence-electron chi connectivity index (χ0n) is 19.7. The maximum absolute atomic E-state index is 12.3. The number of nitrogens with zero attached hydrogens (tertiary/aromatic N) is 1. The van der Waals surface area contributed by atoms with Gasteiger partial charge in [-0.05, 0) is 12.8 Å². The Morgan fingerprint density at radius 1 is 0.793 bits per heavy atom. The third-order valence-corrected chi connectivity index (χ3v) is 5.82. The van der Waals surface area contributed by atoms with Gasteiger partial charge < -0.3 is 19.4 Å². The molecule has 1 atom stereocenters. The largest absolute Gasteiger partial charge is 0.456 e. The first-order valence-corrected chi connectivity index (χ1v) is 12.3. The van der Waals surface area contributed by atoms with Crippen molar-refractivity contribution in [2.24, 2.45) is 0 Å². The minimum absolute atomic E-state index is 0.0715. The third-order valence-electron chi connectivity index (χ3n) is 5.82. The van der Waals surface area contributed by atoms with E-state index in [-0.39, 0.29) is 25.3 Å². The zero-order valence-corrected chi connectivity index (χ0v) is 19.7. The van der Waals surface area contributed by atoms with Crippen LogP contribution in [0.5, 0.6) is 0 Å². The van der Waals surface area contributed by atoms with Crippen molar-refractivity contribution in [3.63, 3.8) is 0 Å². The van der Waals surface area contributed by atoms with Crippen LogP contribution in [0, 0.1) is 0 Å². The number of hydrogen-bond donors (Lipinski definition) is 2. The van der Waals surface area contributed by atoms with E-state index in [2.05, 4.69) is 13.8 Å². The quantitative estimate of drug-likeness (QED) is 0.160. The number of carbonyl (C=O) groups excluding carboxylic acids is 1. The molecule has 29 heavy (non-hydrogen) atoms. The van der Waals surface area contributed by atoms with Gasteiger partial charge in [0.05, 0.1) is 20.3 Å². The molecule has 5 heteroatoms. The van der Waals surface area contributed by atoms with Crippen molar-refractivity contribution in [1.29, 1.82) is 0 Å². The van der Waals surface area contributed by atoms with Gasteiger partial charge in [0.2, 0.25) is 0 Å². The van der Waals surface area contributed by atoms with E-state index >= 15 is 0 Å². The second-order valence-electron chi connectivity index (χ2n) is 8.88. The molecule has 0 saturated carbocycles. The molecule has 0 aliphatic heterocycles. The summed E-state index contributed by atoms with van der Waals surface area (Å²) >= 11 is 0. The molecule has 0 fully saturated rings. The summed E-state index contributed by atoms with van der Waals surface area (Å²) in [5.74, 6) is -0.0982. The molecule has 0 aromatic rings. The highest BCUT2D eigenvalue weighted by molar-refractivity contribution is 5.69. The predicted octanol–water partition coefficient (Wildman–Crippen LogP) is 4.83. The molecule has 0 rings (SSSR count). The highest BCUT2D eigenvalue weighted by atomic mass is 16.5. The van der Waals surface area contributed by atoms with Crippen LogP contribution in [0.4, 0.5) is 0 Å². The summed E-state index contributed by atoms with van der Waals surface area (Å²) < 4.78 is 6.28. The molecular formula is C24H50NO4+. The van der Waals surface area contributed by atoms with Gasteiger partial charge in [-0.1, -0.05) is 84.5 Å². The summed E-state index contributed by atoms with van der Waals surface area (Å²) in [5.41, 5.74) is 0. The SMILES string of the molecule is CCCCCCCCCCCCCC(=O)O[C@H](CCC)C[N+](C)(CCO)CCO. The van der Waals surface area contributed by atoms with Gasteiger partial charge in [-0.3, -0.25) is 4.79 Å². The maximum atomic E-state index is 12.3. The highest BCUT2D eigenvalue weighted by Gasteiger charge is 2.27. The Labute approximate surface area is 180 Å². The Balaban J connectivity index is 3.95. The predicted molar refractivity (Wildman–Crippen MR) is 121 cm³/mol. The zero-order chi connectivity index (χ0) is 21.8. The number of esters is 1. The molecule has 0 aromatic carbocycles. The van der Waals surface area contributed by atoms with Gasteiger partial charge in [0, 0.05) is 6.42 Å². The fourth-order valence-corrected chi connectivity index (χ4v) is 3.96. The molecule has 0 saturated heterocycles. The fourth-order valence-electron chi connectivity index (χ4n) is 3.96. The van der Waals surface area contributed by atoms with Crippen molar-refractivity contribution in [3.8, 4) is 0 Å². The van der Waals surface area contributed by atoms with E-state index in [0.29, 0.717) is 30.5 Å². The summed E-state index contributed by atoms with van der Waals surface area (Å²) in [6.07, 6.45) is 16.1. The number of likely N-dealkylation sites (N-methyl/N-ethyl adjacent to an activating group) is 1. The Bertz CT molecular complexity index is 370. The third kappa shape index (κ3) is 16.8. The lowest BCUT2D eigenvalue weighted by Gasteiger charge is -2.36. The van der Waals surface area contributed by atoms with Crippen LogP contribution in [0.1, 0.15) is 104 Å². The van der Waals surface area contributed by atoms with E-state index in [4.69, 9.17) is 4.74 Å². The van der Waals surface area contributed by atoms with E-state index in [1.807, 2.05) is 7.05 Å². The number of hydrogen-bond acceptors (Lipinski definition) is 4. The van der Waals surface area contributed by atoms with Crippen LogP contribution >= 0.6 is 0 Å². The Hall–Kier alpha value is -0.650. The van der Waals surface area contributed by atoms with Gasteiger partial charge in [0.1, 0.15) is 19.6 Å². The van der Waals surface area contributed by atoms with Gasteiger partial charge in [0.25, 0.3) is 0 Å². The number of aliphatic hydroxyl groups is 2. The summed E-state index contributed by atoms with van der Waals surface area (Å²) in [7, 11) is 2.01. The molecule has 174 valence electrons. The van der Waals surface area contributed by atoms with E-state index in [1.165, 1.54) is 57.8 Å². The van der Waals surface area contributed by atoms with Crippen LogP contribution in [0.25, 0.3) is 0 Å². The minimum Gasteiger partial charge on any atom is -0.456 e. The standard InChI is InChI=1S/C24H50NO4/c1-4-6-7-8-9-10-11-12-13-14-15-17-24(28)29-23(16-5-2)22-25(3,18-20-26)19-21-27/h23,26-27H,4-22H2,1-3H3/q+1/t23-/m1/s1. The van der Waals surface area contributed by atoms with Crippen molar-refractivity contribution in [3.05, 3.63) is 0 Å². The molecule has 0 amide bonds. The van der Waals surface area contributed by atoms with Crippen molar-refractivity contribution >= 4 is 5.97 Å². The summed E-state index contributed by atoms with van der Waals surface area (Å²) in [4.78, 5) is 12.3. The molecule has 0 heterocycles. The number of unbranched alkanes of at least 4 members (excludes halogenated alkanes) is 10. The number of carbonyl (C=O) groups is 1. The summed E-state index contributed by atoms with van der Waals surface area (Å²) in [6.45, 7) is 6.27. The molecule has 5 nitrogen and oxygen atoms in total. The lowest BCUT2D eigenvalue weighted by molar-refractivity contribution is -0.912. The second-order valence-corrected chi connectivity index (χ2v) is 8.88. The molecule has 0 unspecified atom stereocenters. The molecule has 0 aromatic heterocycles. The number of ether oxygens (including phenoxy) is 1. The van der Waals surface area contributed by atoms with Crippen molar-refractivity contribution in [2.45, 2.75) is 110 Å². The van der Waals surface area contributed by atoms with Crippen LogP contribution in [-0.4, -0.2) is 66.7 Å². The molecule has 0 aliphatic rings. The summed E-state index contributed by atoms with van der Waals surface area (Å²) in [5, 5.41) is 18.6. The molecular weight excluding hydrogens is 366 g/mol. The fraction of sp³-hybridized carbons (Fsp3) is 0.958. The lowest BCUT2D eigenvalue weighted by atomic mass is 10.1. The van der Waals surface area contributed by atoms with Crippen molar-refractivity contribution < 1.29 is 24.2 Å². The van der Waals surface area contributed by atoms with Gasteiger partial charge >= 0.3 is 5.97 Å².